The Labute approximate surface area is 219 Å². The summed E-state index contributed by atoms with van der Waals surface area (Å²) in [5.74, 6) is -1.76. The van der Waals surface area contributed by atoms with E-state index >= 15 is 0 Å². The van der Waals surface area contributed by atoms with Crippen molar-refractivity contribution >= 4 is 24.1 Å². The van der Waals surface area contributed by atoms with Crippen LogP contribution in [0.15, 0.2) is 18.2 Å². The van der Waals surface area contributed by atoms with Crippen LogP contribution in [0, 0.1) is 11.8 Å². The van der Waals surface area contributed by atoms with Gasteiger partial charge >= 0.3 is 24.1 Å². The van der Waals surface area contributed by atoms with Crippen LogP contribution in [0.1, 0.15) is 72.8 Å². The molecule has 0 saturated carbocycles. The molecule has 37 heavy (non-hydrogen) atoms. The highest BCUT2D eigenvalue weighted by Crippen LogP contribution is 2.30. The van der Waals surface area contributed by atoms with Gasteiger partial charge in [-0.3, -0.25) is 14.4 Å². The number of hydrogen-bond acceptors (Lipinski definition) is 9. The van der Waals surface area contributed by atoms with Crippen molar-refractivity contribution in [3.8, 4) is 11.5 Å². The summed E-state index contributed by atoms with van der Waals surface area (Å²) in [7, 11) is 0. The predicted molar refractivity (Wildman–Crippen MR) is 137 cm³/mol. The zero-order valence-corrected chi connectivity index (χ0v) is 22.7. The first-order chi connectivity index (χ1) is 17.4. The van der Waals surface area contributed by atoms with E-state index in [-0.39, 0.29) is 55.7 Å². The average molecular weight is 524 g/mol. The summed E-state index contributed by atoms with van der Waals surface area (Å²) in [5, 5.41) is 12.6. The highest BCUT2D eigenvalue weighted by atomic mass is 16.7. The molecule has 0 fully saturated rings. The zero-order valence-electron chi connectivity index (χ0n) is 22.7. The summed E-state index contributed by atoms with van der Waals surface area (Å²) in [6.07, 6.45) is 0.590. The van der Waals surface area contributed by atoms with Gasteiger partial charge in [0.25, 0.3) is 0 Å². The highest BCUT2D eigenvalue weighted by molar-refractivity contribution is 5.77. The average Bonchev–Trinajstić information content (AvgIpc) is 2.77. The molecule has 10 heteroatoms. The standard InChI is InChI=1S/C27H41NO9/c1-7-8-11-34-27(33)35-19(6)16-28-21(26(31)32)14-20-9-10-22(36-24(29)12-17(2)3)23(15-20)37-25(30)13-18(4)5/h9-10,15,17-19,21,28H,7-8,11-14,16H2,1-6H3,(H,31,32)/t19?,21-/m0/s1. The summed E-state index contributed by atoms with van der Waals surface area (Å²) in [5.41, 5.74) is 0.545. The molecule has 1 aromatic rings. The minimum atomic E-state index is -1.11. The van der Waals surface area contributed by atoms with Gasteiger partial charge in [-0.1, -0.05) is 47.1 Å². The van der Waals surface area contributed by atoms with Crippen molar-refractivity contribution in [1.82, 2.24) is 5.32 Å². The Morgan fingerprint density at radius 2 is 1.51 bits per heavy atom. The van der Waals surface area contributed by atoms with Crippen LogP contribution < -0.4 is 14.8 Å². The maximum Gasteiger partial charge on any atom is 0.508 e. The van der Waals surface area contributed by atoms with E-state index in [9.17, 15) is 24.3 Å². The highest BCUT2D eigenvalue weighted by Gasteiger charge is 2.22. The van der Waals surface area contributed by atoms with Gasteiger partial charge in [-0.2, -0.15) is 0 Å². The first-order valence-electron chi connectivity index (χ1n) is 12.7. The molecule has 208 valence electrons. The van der Waals surface area contributed by atoms with Crippen LogP contribution in [0.4, 0.5) is 4.79 Å². The van der Waals surface area contributed by atoms with Gasteiger partial charge < -0.3 is 29.4 Å². The molecule has 0 aliphatic heterocycles. The summed E-state index contributed by atoms with van der Waals surface area (Å²) < 4.78 is 21.0. The Morgan fingerprint density at radius 1 is 0.919 bits per heavy atom. The number of carboxylic acid groups (broad SMARTS) is 1. The van der Waals surface area contributed by atoms with Crippen molar-refractivity contribution in [2.45, 2.75) is 85.8 Å². The van der Waals surface area contributed by atoms with E-state index in [0.29, 0.717) is 5.56 Å². The molecule has 1 unspecified atom stereocenters. The monoisotopic (exact) mass is 523 g/mol. The van der Waals surface area contributed by atoms with Crippen molar-refractivity contribution in [1.29, 1.82) is 0 Å². The Hall–Kier alpha value is -3.14. The second-order valence-electron chi connectivity index (χ2n) is 9.81. The zero-order chi connectivity index (χ0) is 28.0. The largest absolute Gasteiger partial charge is 0.508 e. The third kappa shape index (κ3) is 13.7. The predicted octanol–water partition coefficient (Wildman–Crippen LogP) is 4.52. The van der Waals surface area contributed by atoms with Crippen LogP contribution in [0.5, 0.6) is 11.5 Å². The molecular weight excluding hydrogens is 482 g/mol. The van der Waals surface area contributed by atoms with Gasteiger partial charge in [-0.25, -0.2) is 4.79 Å². The van der Waals surface area contributed by atoms with E-state index in [1.807, 2.05) is 34.6 Å². The van der Waals surface area contributed by atoms with Gasteiger partial charge in [0.1, 0.15) is 12.1 Å². The van der Waals surface area contributed by atoms with Crippen LogP contribution in [-0.4, -0.2) is 54.5 Å². The molecule has 0 saturated heterocycles. The summed E-state index contributed by atoms with van der Waals surface area (Å²) >= 11 is 0. The van der Waals surface area contributed by atoms with Crippen molar-refractivity contribution in [2.75, 3.05) is 13.2 Å². The number of ether oxygens (including phenoxy) is 4. The number of nitrogens with one attached hydrogen (secondary N) is 1. The summed E-state index contributed by atoms with van der Waals surface area (Å²) in [6, 6.07) is 3.58. The number of carbonyl (C=O) groups is 4. The molecule has 0 aromatic heterocycles. The smallest absolute Gasteiger partial charge is 0.480 e. The lowest BCUT2D eigenvalue weighted by atomic mass is 10.0. The lowest BCUT2D eigenvalue weighted by molar-refractivity contribution is -0.139. The van der Waals surface area contributed by atoms with Crippen molar-refractivity contribution < 1.29 is 43.2 Å². The van der Waals surface area contributed by atoms with E-state index in [0.717, 1.165) is 12.8 Å². The van der Waals surface area contributed by atoms with Gasteiger partial charge in [0.15, 0.2) is 11.5 Å². The molecule has 10 nitrogen and oxygen atoms in total. The van der Waals surface area contributed by atoms with Crippen molar-refractivity contribution in [2.24, 2.45) is 11.8 Å². The molecule has 0 bridgehead atoms. The lowest BCUT2D eigenvalue weighted by Crippen LogP contribution is -2.42. The number of rotatable bonds is 16. The Balaban J connectivity index is 2.92. The SMILES string of the molecule is CCCCOC(=O)OC(C)CN[C@@H](Cc1ccc(OC(=O)CC(C)C)c(OC(=O)CC(C)C)c1)C(=O)O. The number of aliphatic carboxylic acids is 1. The molecule has 0 aliphatic carbocycles. The minimum Gasteiger partial charge on any atom is -0.480 e. The van der Waals surface area contributed by atoms with Gasteiger partial charge in [0, 0.05) is 19.4 Å². The fraction of sp³-hybridized carbons (Fsp3) is 0.630. The first-order valence-corrected chi connectivity index (χ1v) is 12.7. The van der Waals surface area contributed by atoms with Crippen molar-refractivity contribution in [3.63, 3.8) is 0 Å². The first kappa shape index (κ1) is 31.9. The Bertz CT molecular complexity index is 898. The molecule has 0 heterocycles. The minimum absolute atomic E-state index is 0.0396. The molecule has 0 spiro atoms. The van der Waals surface area contributed by atoms with Crippen LogP contribution >= 0.6 is 0 Å². The maximum atomic E-state index is 12.3. The topological polar surface area (TPSA) is 137 Å². The molecular formula is C27H41NO9. The number of unbranched alkanes of at least 4 members (excludes halogenated alkanes) is 1. The third-order valence-electron chi connectivity index (χ3n) is 5.01. The maximum absolute atomic E-state index is 12.3. The summed E-state index contributed by atoms with van der Waals surface area (Å²) in [6.45, 7) is 11.5. The van der Waals surface area contributed by atoms with E-state index in [1.54, 1.807) is 13.0 Å². The van der Waals surface area contributed by atoms with Gasteiger partial charge in [0.2, 0.25) is 0 Å². The van der Waals surface area contributed by atoms with Gasteiger partial charge in [0.05, 0.1) is 6.61 Å². The van der Waals surface area contributed by atoms with Crippen molar-refractivity contribution in [3.05, 3.63) is 23.8 Å². The summed E-state index contributed by atoms with van der Waals surface area (Å²) in [4.78, 5) is 48.1. The van der Waals surface area contributed by atoms with Gasteiger partial charge in [-0.15, -0.1) is 0 Å². The second kappa shape index (κ2) is 16.6. The van der Waals surface area contributed by atoms with Crippen LogP contribution in [0.3, 0.4) is 0 Å². The van der Waals surface area contributed by atoms with E-state index < -0.39 is 36.2 Å². The van der Waals surface area contributed by atoms with E-state index in [1.165, 1.54) is 12.1 Å². The molecule has 0 radical (unpaired) electrons. The van der Waals surface area contributed by atoms with Crippen LogP contribution in [0.25, 0.3) is 0 Å². The third-order valence-corrected chi connectivity index (χ3v) is 5.01. The number of esters is 2. The number of benzene rings is 1. The van der Waals surface area contributed by atoms with Gasteiger partial charge in [-0.05, 0) is 49.3 Å². The normalized spacial score (nSPS) is 12.6. The number of carboxylic acids is 1. The molecule has 2 N–H and O–H groups in total. The lowest BCUT2D eigenvalue weighted by Gasteiger charge is -2.19. The number of hydrogen-bond donors (Lipinski definition) is 2. The van der Waals surface area contributed by atoms with E-state index in [4.69, 9.17) is 18.9 Å². The Morgan fingerprint density at radius 3 is 2.05 bits per heavy atom. The van der Waals surface area contributed by atoms with Crippen LogP contribution in [-0.2, 0) is 30.3 Å². The quantitative estimate of drug-likeness (QED) is 0.181. The fourth-order valence-electron chi connectivity index (χ4n) is 3.17. The molecule has 0 amide bonds. The van der Waals surface area contributed by atoms with E-state index in [2.05, 4.69) is 5.32 Å². The molecule has 1 rings (SSSR count). The molecule has 1 aromatic carbocycles. The fourth-order valence-corrected chi connectivity index (χ4v) is 3.17. The van der Waals surface area contributed by atoms with Crippen LogP contribution in [0.2, 0.25) is 0 Å². The second-order valence-corrected chi connectivity index (χ2v) is 9.81. The molecule has 2 atom stereocenters. The Kier molecular flexibility index (Phi) is 14.3. The number of carbonyl (C=O) groups excluding carboxylic acids is 3. The molecule has 0 aliphatic rings.